The van der Waals surface area contributed by atoms with Crippen molar-refractivity contribution in [3.63, 3.8) is 0 Å². The monoisotopic (exact) mass is 289 g/mol. The zero-order valence-electron chi connectivity index (χ0n) is 12.0. The van der Waals surface area contributed by atoms with Crippen molar-refractivity contribution in [2.24, 2.45) is 0 Å². The van der Waals surface area contributed by atoms with E-state index in [0.29, 0.717) is 13.0 Å². The van der Waals surface area contributed by atoms with E-state index in [4.69, 9.17) is 9.47 Å². The molecule has 1 aliphatic rings. The van der Waals surface area contributed by atoms with Gasteiger partial charge in [-0.15, -0.1) is 6.58 Å². The van der Waals surface area contributed by atoms with Crippen molar-refractivity contribution < 1.29 is 19.1 Å². The van der Waals surface area contributed by atoms with Crippen LogP contribution in [0.5, 0.6) is 0 Å². The van der Waals surface area contributed by atoms with E-state index in [2.05, 4.69) is 6.58 Å². The Labute approximate surface area is 124 Å². The molecule has 0 radical (unpaired) electrons. The molecule has 1 aromatic carbocycles. The number of ether oxygens (including phenoxy) is 2. The molecule has 1 aliphatic heterocycles. The smallest absolute Gasteiger partial charge is 0.410 e. The Hall–Kier alpha value is -2.30. The van der Waals surface area contributed by atoms with Gasteiger partial charge in [-0.3, -0.25) is 9.69 Å². The third kappa shape index (κ3) is 4.08. The van der Waals surface area contributed by atoms with Crippen molar-refractivity contribution in [1.29, 1.82) is 0 Å². The van der Waals surface area contributed by atoms with Gasteiger partial charge in [0.1, 0.15) is 12.7 Å². The van der Waals surface area contributed by atoms with Crippen LogP contribution in [0.3, 0.4) is 0 Å². The maximum atomic E-state index is 12.1. The Bertz CT molecular complexity index is 514. The topological polar surface area (TPSA) is 55.8 Å². The van der Waals surface area contributed by atoms with Crippen molar-refractivity contribution in [2.75, 3.05) is 6.61 Å². The van der Waals surface area contributed by atoms with Gasteiger partial charge >= 0.3 is 12.1 Å². The van der Waals surface area contributed by atoms with Gasteiger partial charge in [0.05, 0.1) is 6.04 Å². The van der Waals surface area contributed by atoms with E-state index in [1.165, 1.54) is 6.92 Å². The highest BCUT2D eigenvalue weighted by Gasteiger charge is 2.34. The fraction of sp³-hybridized carbons (Fsp3) is 0.375. The van der Waals surface area contributed by atoms with Crippen molar-refractivity contribution in [3.05, 3.63) is 48.6 Å². The molecule has 1 heterocycles. The number of amides is 1. The zero-order valence-corrected chi connectivity index (χ0v) is 12.0. The summed E-state index contributed by atoms with van der Waals surface area (Å²) in [6, 6.07) is 9.56. The molecule has 2 rings (SSSR count). The summed E-state index contributed by atoms with van der Waals surface area (Å²) in [6.07, 6.45) is 1.46. The summed E-state index contributed by atoms with van der Waals surface area (Å²) in [4.78, 5) is 24.6. The molecule has 0 aliphatic carbocycles. The lowest BCUT2D eigenvalue weighted by Gasteiger charge is -2.37. The van der Waals surface area contributed by atoms with Gasteiger partial charge in [0.25, 0.3) is 0 Å². The highest BCUT2D eigenvalue weighted by atomic mass is 16.6. The van der Waals surface area contributed by atoms with Crippen LogP contribution in [0.4, 0.5) is 4.79 Å². The van der Waals surface area contributed by atoms with Gasteiger partial charge in [-0.05, 0) is 5.56 Å². The summed E-state index contributed by atoms with van der Waals surface area (Å²) in [7, 11) is 0. The Morgan fingerprint density at radius 3 is 2.81 bits per heavy atom. The number of carbonyl (C=O) groups is 2. The highest BCUT2D eigenvalue weighted by molar-refractivity contribution is 5.70. The van der Waals surface area contributed by atoms with Crippen molar-refractivity contribution in [2.45, 2.75) is 32.0 Å². The van der Waals surface area contributed by atoms with Gasteiger partial charge in [-0.2, -0.15) is 0 Å². The molecule has 0 spiro atoms. The van der Waals surface area contributed by atoms with Gasteiger partial charge in [-0.1, -0.05) is 36.4 Å². The molecule has 5 nitrogen and oxygen atoms in total. The number of hydrogen-bond acceptors (Lipinski definition) is 4. The number of nitrogens with zero attached hydrogens (tertiary/aromatic N) is 1. The molecule has 1 amide bonds. The first-order valence-corrected chi connectivity index (χ1v) is 6.87. The first-order chi connectivity index (χ1) is 10.1. The molecule has 0 aromatic heterocycles. The van der Waals surface area contributed by atoms with Gasteiger partial charge in [-0.25, -0.2) is 4.79 Å². The molecule has 2 atom stereocenters. The minimum atomic E-state index is -0.420. The average Bonchev–Trinajstić information content (AvgIpc) is 2.48. The second kappa shape index (κ2) is 6.92. The lowest BCUT2D eigenvalue weighted by molar-refractivity contribution is -0.145. The van der Waals surface area contributed by atoms with Gasteiger partial charge in [0, 0.05) is 19.9 Å². The van der Waals surface area contributed by atoms with Crippen molar-refractivity contribution in [1.82, 2.24) is 4.90 Å². The number of hydrogen-bond donors (Lipinski definition) is 0. The van der Waals surface area contributed by atoms with Crippen molar-refractivity contribution >= 4 is 12.1 Å². The first-order valence-electron chi connectivity index (χ1n) is 6.87. The molecule has 1 aromatic rings. The van der Waals surface area contributed by atoms with Crippen LogP contribution in [0.25, 0.3) is 0 Å². The molecular formula is C16H19NO4. The summed E-state index contributed by atoms with van der Waals surface area (Å²) in [5.41, 5.74) is 1.03. The van der Waals surface area contributed by atoms with Gasteiger partial charge in [0.2, 0.25) is 0 Å². The Morgan fingerprint density at radius 1 is 1.48 bits per heavy atom. The quantitative estimate of drug-likeness (QED) is 0.617. The lowest BCUT2D eigenvalue weighted by Crippen LogP contribution is -2.48. The third-order valence-electron chi connectivity index (χ3n) is 3.35. The van der Waals surface area contributed by atoms with Crippen LogP contribution in [0, 0.1) is 0 Å². The number of carbonyl (C=O) groups excluding carboxylic acids is 2. The van der Waals surface area contributed by atoms with E-state index < -0.39 is 12.2 Å². The van der Waals surface area contributed by atoms with Gasteiger partial charge < -0.3 is 9.47 Å². The number of rotatable bonds is 5. The van der Waals surface area contributed by atoms with Crippen molar-refractivity contribution in [3.8, 4) is 0 Å². The Balaban J connectivity index is 2.01. The van der Waals surface area contributed by atoms with E-state index in [1.807, 2.05) is 30.3 Å². The first kappa shape index (κ1) is 15.1. The normalized spacial score (nSPS) is 21.6. The summed E-state index contributed by atoms with van der Waals surface area (Å²) >= 11 is 0. The van der Waals surface area contributed by atoms with E-state index in [-0.39, 0.29) is 18.6 Å². The third-order valence-corrected chi connectivity index (χ3v) is 3.35. The maximum absolute atomic E-state index is 12.1. The van der Waals surface area contributed by atoms with E-state index in [0.717, 1.165) is 5.56 Å². The molecule has 0 unspecified atom stereocenters. The summed E-state index contributed by atoms with van der Waals surface area (Å²) < 4.78 is 10.2. The number of esters is 1. The fourth-order valence-electron chi connectivity index (χ4n) is 2.29. The molecule has 0 bridgehead atoms. The summed E-state index contributed by atoms with van der Waals surface area (Å²) in [5.74, 6) is -0.382. The molecule has 5 heteroatoms. The Morgan fingerprint density at radius 2 is 2.19 bits per heavy atom. The fourth-order valence-corrected chi connectivity index (χ4v) is 2.29. The molecule has 112 valence electrons. The molecule has 21 heavy (non-hydrogen) atoms. The lowest BCUT2D eigenvalue weighted by atomic mass is 10.1. The summed E-state index contributed by atoms with van der Waals surface area (Å²) in [5, 5.41) is 0. The van der Waals surface area contributed by atoms with Crippen LogP contribution in [-0.2, 0) is 20.8 Å². The summed E-state index contributed by atoms with van der Waals surface area (Å²) in [6.45, 7) is 5.67. The molecular weight excluding hydrogens is 270 g/mol. The predicted octanol–water partition coefficient (Wildman–Crippen LogP) is 2.52. The largest absolute Gasteiger partial charge is 0.462 e. The van der Waals surface area contributed by atoms with E-state index in [1.54, 1.807) is 11.0 Å². The van der Waals surface area contributed by atoms with Crippen LogP contribution in [0.2, 0.25) is 0 Å². The molecule has 1 fully saturated rings. The second-order valence-corrected chi connectivity index (χ2v) is 4.96. The standard InChI is InChI=1S/C16H19NO4/c1-3-14-9-15(11-20-12(2)18)21-16(19)17(14)10-13-7-5-4-6-8-13/h3-8,14-15H,1,9-11H2,2H3/t14-,15-/m0/s1. The van der Waals surface area contributed by atoms with Crippen LogP contribution in [-0.4, -0.2) is 35.7 Å². The predicted molar refractivity (Wildman–Crippen MR) is 77.5 cm³/mol. The minimum Gasteiger partial charge on any atom is -0.462 e. The second-order valence-electron chi connectivity index (χ2n) is 4.96. The van der Waals surface area contributed by atoms with E-state index >= 15 is 0 Å². The molecule has 0 N–H and O–H groups in total. The molecule has 1 saturated heterocycles. The van der Waals surface area contributed by atoms with Crippen LogP contribution >= 0.6 is 0 Å². The average molecular weight is 289 g/mol. The minimum absolute atomic E-state index is 0.0879. The van der Waals surface area contributed by atoms with Gasteiger partial charge in [0.15, 0.2) is 0 Å². The number of benzene rings is 1. The highest BCUT2D eigenvalue weighted by Crippen LogP contribution is 2.22. The number of cyclic esters (lactones) is 1. The zero-order chi connectivity index (χ0) is 15.2. The van der Waals surface area contributed by atoms with E-state index in [9.17, 15) is 9.59 Å². The van der Waals surface area contributed by atoms with Crippen LogP contribution in [0.1, 0.15) is 18.9 Å². The van der Waals surface area contributed by atoms with Crippen LogP contribution < -0.4 is 0 Å². The SMILES string of the molecule is C=C[C@H]1C[C@@H](COC(C)=O)OC(=O)N1Cc1ccccc1. The maximum Gasteiger partial charge on any atom is 0.410 e. The Kier molecular flexibility index (Phi) is 4.98. The van der Waals surface area contributed by atoms with Crippen LogP contribution in [0.15, 0.2) is 43.0 Å². The molecule has 0 saturated carbocycles.